The second-order valence-electron chi connectivity index (χ2n) is 5.58. The van der Waals surface area contributed by atoms with Crippen LogP contribution in [0.15, 0.2) is 18.2 Å². The predicted octanol–water partition coefficient (Wildman–Crippen LogP) is 3.71. The van der Waals surface area contributed by atoms with E-state index in [2.05, 4.69) is 10.2 Å². The van der Waals surface area contributed by atoms with Gasteiger partial charge in [-0.15, -0.1) is 0 Å². The van der Waals surface area contributed by atoms with Crippen molar-refractivity contribution in [1.29, 1.82) is 0 Å². The second kappa shape index (κ2) is 6.01. The Labute approximate surface area is 125 Å². The van der Waals surface area contributed by atoms with Crippen LogP contribution in [0.1, 0.15) is 31.2 Å². The Kier molecular flexibility index (Phi) is 4.33. The molecule has 2 unspecified atom stereocenters. The molecule has 1 N–H and O–H groups in total. The van der Waals surface area contributed by atoms with Gasteiger partial charge in [0.1, 0.15) is 0 Å². The van der Waals surface area contributed by atoms with E-state index in [1.165, 1.54) is 38.8 Å². The zero-order valence-electron chi connectivity index (χ0n) is 11.0. The van der Waals surface area contributed by atoms with E-state index in [1.54, 1.807) is 0 Å². The molecule has 2 saturated heterocycles. The van der Waals surface area contributed by atoms with Crippen molar-refractivity contribution >= 4 is 23.2 Å². The highest BCUT2D eigenvalue weighted by Gasteiger charge is 2.35. The minimum atomic E-state index is 0.590. The Morgan fingerprint density at radius 3 is 2.68 bits per heavy atom. The summed E-state index contributed by atoms with van der Waals surface area (Å²) in [4.78, 5) is 2.63. The minimum absolute atomic E-state index is 0.590. The number of rotatable bonds is 3. The lowest BCUT2D eigenvalue weighted by Crippen LogP contribution is -2.44. The third-order valence-electron chi connectivity index (χ3n) is 4.46. The van der Waals surface area contributed by atoms with Gasteiger partial charge in [-0.3, -0.25) is 4.90 Å². The largest absolute Gasteiger partial charge is 0.308 e. The fraction of sp³-hybridized carbons (Fsp3) is 0.600. The van der Waals surface area contributed by atoms with E-state index in [0.29, 0.717) is 6.04 Å². The molecule has 1 aromatic rings. The molecule has 0 spiro atoms. The highest BCUT2D eigenvalue weighted by Crippen LogP contribution is 2.29. The molecule has 3 rings (SSSR count). The molecule has 0 bridgehead atoms. The van der Waals surface area contributed by atoms with E-state index in [4.69, 9.17) is 23.2 Å². The van der Waals surface area contributed by atoms with Crippen molar-refractivity contribution in [3.8, 4) is 0 Å². The lowest BCUT2D eigenvalue weighted by atomic mass is 9.99. The van der Waals surface area contributed by atoms with Gasteiger partial charge in [-0.2, -0.15) is 0 Å². The minimum Gasteiger partial charge on any atom is -0.308 e. The molecular weight excluding hydrogens is 279 g/mol. The second-order valence-corrected chi connectivity index (χ2v) is 6.39. The summed E-state index contributed by atoms with van der Waals surface area (Å²) < 4.78 is 0. The van der Waals surface area contributed by atoms with Crippen molar-refractivity contribution < 1.29 is 0 Å². The fourth-order valence-electron chi connectivity index (χ4n) is 3.42. The quantitative estimate of drug-likeness (QED) is 0.915. The molecule has 104 valence electrons. The molecular formula is C15H20Cl2N2. The Morgan fingerprint density at radius 2 is 1.89 bits per heavy atom. The lowest BCUT2D eigenvalue weighted by Gasteiger charge is -2.32. The molecule has 0 radical (unpaired) electrons. The standard InChI is InChI=1S/C15H20Cl2N2/c16-12-4-3-5-13(17)11(12)10-18-14-7-9-19-8-2-1-6-15(14)19/h3-5,14-15,18H,1-2,6-10H2. The molecule has 2 fully saturated rings. The van der Waals surface area contributed by atoms with Crippen molar-refractivity contribution in [3.63, 3.8) is 0 Å². The highest BCUT2D eigenvalue weighted by atomic mass is 35.5. The molecule has 2 atom stereocenters. The molecule has 2 heterocycles. The Hall–Kier alpha value is -0.280. The number of piperidine rings is 1. The van der Waals surface area contributed by atoms with E-state index in [9.17, 15) is 0 Å². The zero-order chi connectivity index (χ0) is 13.2. The molecule has 19 heavy (non-hydrogen) atoms. The smallest absolute Gasteiger partial charge is 0.0465 e. The maximum atomic E-state index is 6.22. The van der Waals surface area contributed by atoms with Gasteiger partial charge in [0.25, 0.3) is 0 Å². The van der Waals surface area contributed by atoms with Crippen LogP contribution >= 0.6 is 23.2 Å². The summed E-state index contributed by atoms with van der Waals surface area (Å²) in [5.74, 6) is 0. The summed E-state index contributed by atoms with van der Waals surface area (Å²) in [7, 11) is 0. The number of nitrogens with zero attached hydrogens (tertiary/aromatic N) is 1. The SMILES string of the molecule is Clc1cccc(Cl)c1CNC1CCN2CCCCC12. The van der Waals surface area contributed by atoms with Gasteiger partial charge in [-0.25, -0.2) is 0 Å². The van der Waals surface area contributed by atoms with Crippen LogP contribution in [0.2, 0.25) is 10.0 Å². The van der Waals surface area contributed by atoms with Crippen LogP contribution in [0.5, 0.6) is 0 Å². The van der Waals surface area contributed by atoms with E-state index in [1.807, 2.05) is 18.2 Å². The van der Waals surface area contributed by atoms with E-state index in [-0.39, 0.29) is 0 Å². The number of fused-ring (bicyclic) bond motifs is 1. The lowest BCUT2D eigenvalue weighted by molar-refractivity contribution is 0.180. The van der Waals surface area contributed by atoms with Gasteiger partial charge in [0, 0.05) is 40.8 Å². The van der Waals surface area contributed by atoms with Gasteiger partial charge in [-0.1, -0.05) is 35.7 Å². The third kappa shape index (κ3) is 2.92. The normalized spacial score (nSPS) is 27.5. The van der Waals surface area contributed by atoms with Crippen molar-refractivity contribution in [1.82, 2.24) is 10.2 Å². The summed E-state index contributed by atoms with van der Waals surface area (Å²) in [6.07, 6.45) is 5.30. The topological polar surface area (TPSA) is 15.3 Å². The Bertz CT molecular complexity index is 430. The number of nitrogens with one attached hydrogen (secondary N) is 1. The van der Waals surface area contributed by atoms with Crippen LogP contribution in [0.3, 0.4) is 0 Å². The van der Waals surface area contributed by atoms with Crippen LogP contribution in [0.25, 0.3) is 0 Å². The number of hydrogen-bond acceptors (Lipinski definition) is 2. The third-order valence-corrected chi connectivity index (χ3v) is 5.17. The van der Waals surface area contributed by atoms with Gasteiger partial charge in [0.15, 0.2) is 0 Å². The summed E-state index contributed by atoms with van der Waals surface area (Å²) in [5, 5.41) is 5.19. The van der Waals surface area contributed by atoms with E-state index < -0.39 is 0 Å². The van der Waals surface area contributed by atoms with E-state index >= 15 is 0 Å². The first-order chi connectivity index (χ1) is 9.25. The van der Waals surface area contributed by atoms with Crippen LogP contribution < -0.4 is 5.32 Å². The molecule has 4 heteroatoms. The molecule has 0 saturated carbocycles. The molecule has 2 nitrogen and oxygen atoms in total. The van der Waals surface area contributed by atoms with Gasteiger partial charge >= 0.3 is 0 Å². The summed E-state index contributed by atoms with van der Waals surface area (Å²) in [6, 6.07) is 7.02. The number of hydrogen-bond donors (Lipinski definition) is 1. The Morgan fingerprint density at radius 1 is 1.11 bits per heavy atom. The van der Waals surface area contributed by atoms with Gasteiger partial charge in [0.2, 0.25) is 0 Å². The van der Waals surface area contributed by atoms with Crippen molar-refractivity contribution in [2.45, 2.75) is 44.3 Å². The highest BCUT2D eigenvalue weighted by molar-refractivity contribution is 6.35. The summed E-state index contributed by atoms with van der Waals surface area (Å²) in [6.45, 7) is 3.28. The van der Waals surface area contributed by atoms with Crippen LogP contribution in [-0.4, -0.2) is 30.1 Å². The van der Waals surface area contributed by atoms with E-state index in [0.717, 1.165) is 28.2 Å². The average Bonchev–Trinajstić information content (AvgIpc) is 2.82. The molecule has 0 amide bonds. The monoisotopic (exact) mass is 298 g/mol. The number of halogens is 2. The summed E-state index contributed by atoms with van der Waals surface area (Å²) in [5.41, 5.74) is 1.03. The first kappa shape index (κ1) is 13.7. The average molecular weight is 299 g/mol. The molecule has 2 aliphatic heterocycles. The summed E-state index contributed by atoms with van der Waals surface area (Å²) >= 11 is 12.4. The predicted molar refractivity (Wildman–Crippen MR) is 80.9 cm³/mol. The Balaban J connectivity index is 1.63. The fourth-order valence-corrected chi connectivity index (χ4v) is 3.95. The van der Waals surface area contributed by atoms with Crippen molar-refractivity contribution in [3.05, 3.63) is 33.8 Å². The van der Waals surface area contributed by atoms with Crippen LogP contribution in [0.4, 0.5) is 0 Å². The molecule has 2 aliphatic rings. The van der Waals surface area contributed by atoms with Crippen LogP contribution in [-0.2, 0) is 6.54 Å². The van der Waals surface area contributed by atoms with Crippen molar-refractivity contribution in [2.75, 3.05) is 13.1 Å². The first-order valence-corrected chi connectivity index (χ1v) is 7.91. The number of benzene rings is 1. The van der Waals surface area contributed by atoms with Gasteiger partial charge < -0.3 is 5.32 Å². The maximum absolute atomic E-state index is 6.22. The van der Waals surface area contributed by atoms with Crippen molar-refractivity contribution in [2.24, 2.45) is 0 Å². The maximum Gasteiger partial charge on any atom is 0.0465 e. The van der Waals surface area contributed by atoms with Gasteiger partial charge in [-0.05, 0) is 37.9 Å². The first-order valence-electron chi connectivity index (χ1n) is 7.16. The molecule has 0 aliphatic carbocycles. The van der Waals surface area contributed by atoms with Gasteiger partial charge in [0.05, 0.1) is 0 Å². The molecule has 0 aromatic heterocycles. The molecule has 1 aromatic carbocycles. The van der Waals surface area contributed by atoms with Crippen LogP contribution in [0, 0.1) is 0 Å². The zero-order valence-corrected chi connectivity index (χ0v) is 12.6.